The van der Waals surface area contributed by atoms with Gasteiger partial charge < -0.3 is 4.74 Å². The third-order valence-electron chi connectivity index (χ3n) is 1.91. The number of hydrogen-bond donors (Lipinski definition) is 0. The minimum absolute atomic E-state index is 0.506. The Kier molecular flexibility index (Phi) is 3.85. The summed E-state index contributed by atoms with van der Waals surface area (Å²) in [6.45, 7) is 0. The van der Waals surface area contributed by atoms with Crippen molar-refractivity contribution in [3.05, 3.63) is 10.4 Å². The van der Waals surface area contributed by atoms with Crippen LogP contribution in [0.4, 0.5) is 4.79 Å². The minimum Gasteiger partial charge on any atom is -0.440 e. The smallest absolute Gasteiger partial charge is 0.398 e. The van der Waals surface area contributed by atoms with Crippen molar-refractivity contribution in [2.24, 2.45) is 5.11 Å². The van der Waals surface area contributed by atoms with Crippen molar-refractivity contribution in [3.63, 3.8) is 0 Å². The number of carbonyl (C=O) groups excluding carboxylic acids is 1. The van der Waals surface area contributed by atoms with Crippen molar-refractivity contribution in [2.45, 2.75) is 27.0 Å². The van der Waals surface area contributed by atoms with E-state index in [0.717, 1.165) is 12.8 Å². The second-order valence-corrected chi connectivity index (χ2v) is 7.90. The molecule has 8 heteroatoms. The number of halogens is 3. The van der Waals surface area contributed by atoms with E-state index in [1.807, 2.05) is 0 Å². The first-order valence-corrected chi connectivity index (χ1v) is 6.14. The Morgan fingerprint density at radius 1 is 1.43 bits per heavy atom. The summed E-state index contributed by atoms with van der Waals surface area (Å²) in [4.78, 5) is 13.3. The van der Waals surface area contributed by atoms with Gasteiger partial charge in [-0.25, -0.2) is 4.79 Å². The summed E-state index contributed by atoms with van der Waals surface area (Å²) in [6, 6.07) is 0. The zero-order valence-electron chi connectivity index (χ0n) is 6.91. The zero-order chi connectivity index (χ0) is 10.8. The summed E-state index contributed by atoms with van der Waals surface area (Å²) >= 11 is 10.1. The summed E-state index contributed by atoms with van der Waals surface area (Å²) in [7, 11) is 0. The standard InChI is InChI=1S/C6H6Br3N3O2/c7-5(8)2-1-3-6(5,9)14-4(13)11-12-10/h1-3H2. The highest BCUT2D eigenvalue weighted by molar-refractivity contribution is 9.26. The van der Waals surface area contributed by atoms with E-state index in [0.29, 0.717) is 6.42 Å². The number of nitrogens with zero attached hydrogens (tertiary/aromatic N) is 3. The van der Waals surface area contributed by atoms with Crippen LogP contribution in [0, 0.1) is 0 Å². The maximum Gasteiger partial charge on any atom is 0.398 e. The Hall–Kier alpha value is 0.220. The molecular formula is C6H6Br3N3O2. The van der Waals surface area contributed by atoms with Crippen molar-refractivity contribution in [1.29, 1.82) is 0 Å². The predicted molar refractivity (Wildman–Crippen MR) is 61.7 cm³/mol. The number of alkyl halides is 3. The number of ether oxygens (including phenoxy) is 1. The van der Waals surface area contributed by atoms with E-state index in [-0.39, 0.29) is 0 Å². The summed E-state index contributed by atoms with van der Waals surface area (Å²) < 4.78 is 3.66. The van der Waals surface area contributed by atoms with Gasteiger partial charge in [-0.2, -0.15) is 0 Å². The Bertz CT molecular complexity index is 303. The Balaban J connectivity index is 2.76. The van der Waals surface area contributed by atoms with Crippen molar-refractivity contribution < 1.29 is 9.53 Å². The van der Waals surface area contributed by atoms with Gasteiger partial charge in [0.15, 0.2) is 4.51 Å². The van der Waals surface area contributed by atoms with Gasteiger partial charge in [0.1, 0.15) is 3.23 Å². The van der Waals surface area contributed by atoms with Gasteiger partial charge in [-0.15, -0.1) is 0 Å². The molecule has 1 aliphatic carbocycles. The lowest BCUT2D eigenvalue weighted by Gasteiger charge is -2.31. The highest BCUT2D eigenvalue weighted by Crippen LogP contribution is 2.55. The maximum absolute atomic E-state index is 11.0. The molecule has 0 spiro atoms. The minimum atomic E-state index is -0.936. The fourth-order valence-corrected chi connectivity index (χ4v) is 2.96. The Morgan fingerprint density at radius 3 is 2.50 bits per heavy atom. The van der Waals surface area contributed by atoms with Crippen LogP contribution in [-0.4, -0.2) is 13.8 Å². The van der Waals surface area contributed by atoms with E-state index in [1.165, 1.54) is 0 Å². The van der Waals surface area contributed by atoms with Gasteiger partial charge in [-0.1, -0.05) is 31.9 Å². The largest absolute Gasteiger partial charge is 0.440 e. The molecule has 0 aromatic heterocycles. The molecule has 1 aliphatic rings. The number of azide groups is 1. The number of rotatable bonds is 1. The highest BCUT2D eigenvalue weighted by atomic mass is 79.9. The molecule has 78 valence electrons. The number of hydrogen-bond acceptors (Lipinski definition) is 2. The second kappa shape index (κ2) is 4.38. The molecule has 1 amide bonds. The SMILES string of the molecule is [N-]=[N+]=NC(=O)OC1(Br)CCCC1(Br)Br. The lowest BCUT2D eigenvalue weighted by molar-refractivity contribution is 0.0933. The summed E-state index contributed by atoms with van der Waals surface area (Å²) in [5, 5.41) is 2.85. The van der Waals surface area contributed by atoms with Gasteiger partial charge in [-0.05, 0) is 40.7 Å². The molecule has 1 unspecified atom stereocenters. The van der Waals surface area contributed by atoms with Gasteiger partial charge in [0.2, 0.25) is 0 Å². The van der Waals surface area contributed by atoms with Gasteiger partial charge in [0, 0.05) is 10.0 Å². The molecule has 0 N–H and O–H groups in total. The van der Waals surface area contributed by atoms with E-state index >= 15 is 0 Å². The highest BCUT2D eigenvalue weighted by Gasteiger charge is 2.53. The molecule has 0 saturated heterocycles. The summed E-state index contributed by atoms with van der Waals surface area (Å²) in [5.74, 6) is 0. The third-order valence-corrected chi connectivity index (χ3v) is 6.28. The van der Waals surface area contributed by atoms with Crippen LogP contribution in [0.25, 0.3) is 10.4 Å². The van der Waals surface area contributed by atoms with Crippen LogP contribution in [-0.2, 0) is 4.74 Å². The van der Waals surface area contributed by atoms with Crippen LogP contribution in [0.1, 0.15) is 19.3 Å². The second-order valence-electron chi connectivity index (χ2n) is 2.84. The summed E-state index contributed by atoms with van der Waals surface area (Å²) in [6.07, 6.45) is 1.41. The topological polar surface area (TPSA) is 75.1 Å². The van der Waals surface area contributed by atoms with E-state index in [9.17, 15) is 4.79 Å². The number of carbonyl (C=O) groups is 1. The summed E-state index contributed by atoms with van der Waals surface area (Å²) in [5.41, 5.74) is 8.04. The fourth-order valence-electron chi connectivity index (χ4n) is 1.23. The monoisotopic (exact) mass is 389 g/mol. The predicted octanol–water partition coefficient (Wildman–Crippen LogP) is 4.19. The van der Waals surface area contributed by atoms with Crippen LogP contribution >= 0.6 is 47.8 Å². The molecule has 1 saturated carbocycles. The molecule has 1 fully saturated rings. The Labute approximate surface area is 106 Å². The normalized spacial score (nSPS) is 29.4. The first-order valence-electron chi connectivity index (χ1n) is 3.76. The Morgan fingerprint density at radius 2 is 2.07 bits per heavy atom. The van der Waals surface area contributed by atoms with E-state index < -0.39 is 13.8 Å². The van der Waals surface area contributed by atoms with Crippen molar-refractivity contribution in [2.75, 3.05) is 0 Å². The van der Waals surface area contributed by atoms with Gasteiger partial charge in [0.05, 0.1) is 0 Å². The molecule has 0 heterocycles. The molecular weight excluding hydrogens is 386 g/mol. The maximum atomic E-state index is 11.0. The molecule has 0 aromatic rings. The first kappa shape index (κ1) is 12.3. The average Bonchev–Trinajstić information content (AvgIpc) is 2.26. The van der Waals surface area contributed by atoms with Crippen molar-refractivity contribution >= 4 is 53.9 Å². The van der Waals surface area contributed by atoms with Crippen molar-refractivity contribution in [3.8, 4) is 0 Å². The van der Waals surface area contributed by atoms with E-state index in [4.69, 9.17) is 10.3 Å². The van der Waals surface area contributed by atoms with Gasteiger partial charge >= 0.3 is 6.09 Å². The van der Waals surface area contributed by atoms with Gasteiger partial charge in [-0.3, -0.25) is 0 Å². The molecule has 0 aliphatic heterocycles. The fraction of sp³-hybridized carbons (Fsp3) is 0.833. The van der Waals surface area contributed by atoms with Gasteiger partial charge in [0.25, 0.3) is 0 Å². The van der Waals surface area contributed by atoms with Crippen LogP contribution in [0.2, 0.25) is 0 Å². The lowest BCUT2D eigenvalue weighted by atomic mass is 10.3. The van der Waals surface area contributed by atoms with E-state index in [2.05, 4.69) is 57.8 Å². The quantitative estimate of drug-likeness (QED) is 0.291. The van der Waals surface area contributed by atoms with Crippen LogP contribution in [0.15, 0.2) is 5.11 Å². The zero-order valence-corrected chi connectivity index (χ0v) is 11.7. The molecule has 14 heavy (non-hydrogen) atoms. The molecule has 5 nitrogen and oxygen atoms in total. The molecule has 0 radical (unpaired) electrons. The van der Waals surface area contributed by atoms with E-state index in [1.54, 1.807) is 0 Å². The molecule has 1 rings (SSSR count). The van der Waals surface area contributed by atoms with Crippen LogP contribution in [0.5, 0.6) is 0 Å². The molecule has 1 atom stereocenters. The number of amides is 1. The average molecular weight is 392 g/mol. The van der Waals surface area contributed by atoms with Crippen LogP contribution in [0.3, 0.4) is 0 Å². The van der Waals surface area contributed by atoms with Crippen LogP contribution < -0.4 is 0 Å². The molecule has 0 bridgehead atoms. The molecule has 0 aromatic carbocycles. The lowest BCUT2D eigenvalue weighted by Crippen LogP contribution is -2.38. The van der Waals surface area contributed by atoms with Crippen molar-refractivity contribution in [1.82, 2.24) is 0 Å². The first-order chi connectivity index (χ1) is 6.41. The third kappa shape index (κ3) is 2.42.